The van der Waals surface area contributed by atoms with Crippen molar-refractivity contribution in [2.75, 3.05) is 13.2 Å². The number of hydrogen-bond acceptors (Lipinski definition) is 10. The van der Waals surface area contributed by atoms with Gasteiger partial charge in [-0.3, -0.25) is 9.59 Å². The van der Waals surface area contributed by atoms with E-state index in [-0.39, 0.29) is 19.4 Å². The molecule has 6 N–H and O–H groups in total. The third kappa shape index (κ3) is 36.9. The van der Waals surface area contributed by atoms with Gasteiger partial charge in [-0.05, 0) is 77.0 Å². The molecule has 1 saturated heterocycles. The molecule has 11 nitrogen and oxygen atoms in total. The van der Waals surface area contributed by atoms with Gasteiger partial charge in [-0.2, -0.15) is 0 Å². The quantitative estimate of drug-likeness (QED) is 0.0149. The Balaban J connectivity index is 2.70. The Hall–Kier alpha value is -2.90. The number of amides is 1. The molecule has 8 atom stereocenters. The van der Waals surface area contributed by atoms with Crippen LogP contribution in [0.4, 0.5) is 0 Å². The summed E-state index contributed by atoms with van der Waals surface area (Å²) in [7, 11) is 0. The van der Waals surface area contributed by atoms with Gasteiger partial charge in [-0.15, -0.1) is 0 Å². The fourth-order valence-electron chi connectivity index (χ4n) is 8.74. The maximum absolute atomic E-state index is 13.3. The van der Waals surface area contributed by atoms with Gasteiger partial charge >= 0.3 is 5.97 Å². The summed E-state index contributed by atoms with van der Waals surface area (Å²) >= 11 is 0. The van der Waals surface area contributed by atoms with E-state index in [1.807, 2.05) is 30.4 Å². The second-order valence-electron chi connectivity index (χ2n) is 20.1. The molecule has 1 heterocycles. The number of carbonyl (C=O) groups excluding carboxylic acids is 2. The lowest BCUT2D eigenvalue weighted by Gasteiger charge is -2.41. The van der Waals surface area contributed by atoms with Crippen molar-refractivity contribution >= 4 is 11.9 Å². The molecule has 0 aromatic heterocycles. The molecule has 1 aliphatic rings. The Labute approximate surface area is 439 Å². The molecule has 8 unspecified atom stereocenters. The SMILES string of the molecule is CC/C=C/C=C/C=C\CCCCCCC(O)C(=O)NC(COC1OC(CO)C(O)C(O)C1OC(=O)CCCCCCCCCCC/C=C\C/C=C\CCCCC)C(O)/C=C/CCCCCCCCCCCC. The van der Waals surface area contributed by atoms with Crippen LogP contribution < -0.4 is 5.32 Å². The van der Waals surface area contributed by atoms with Crippen molar-refractivity contribution in [1.29, 1.82) is 0 Å². The Morgan fingerprint density at radius 3 is 1.62 bits per heavy atom. The van der Waals surface area contributed by atoms with Crippen molar-refractivity contribution in [3.8, 4) is 0 Å². The number of hydrogen-bond donors (Lipinski definition) is 6. The van der Waals surface area contributed by atoms with Gasteiger partial charge in [0.25, 0.3) is 0 Å². The largest absolute Gasteiger partial charge is 0.454 e. The molecule has 416 valence electrons. The van der Waals surface area contributed by atoms with Crippen molar-refractivity contribution in [2.45, 2.75) is 288 Å². The maximum atomic E-state index is 13.3. The first-order chi connectivity index (χ1) is 35.2. The third-order valence-electron chi connectivity index (χ3n) is 13.4. The first-order valence-corrected chi connectivity index (χ1v) is 29.2. The third-order valence-corrected chi connectivity index (χ3v) is 13.4. The van der Waals surface area contributed by atoms with Crippen LogP contribution in [0.3, 0.4) is 0 Å². The van der Waals surface area contributed by atoms with Crippen molar-refractivity contribution in [3.05, 3.63) is 72.9 Å². The minimum atomic E-state index is -1.62. The zero-order chi connectivity index (χ0) is 52.5. The molecule has 1 aliphatic heterocycles. The summed E-state index contributed by atoms with van der Waals surface area (Å²) < 4.78 is 17.6. The highest BCUT2D eigenvalue weighted by atomic mass is 16.7. The normalized spacial score (nSPS) is 20.0. The average molecular weight is 1010 g/mol. The average Bonchev–Trinajstić information content (AvgIpc) is 3.38. The molecule has 0 bridgehead atoms. The summed E-state index contributed by atoms with van der Waals surface area (Å²) in [6.07, 6.45) is 50.9. The number of unbranched alkanes of at least 4 members (excludes halogenated alkanes) is 26. The number of carbonyl (C=O) groups is 2. The van der Waals surface area contributed by atoms with E-state index in [2.05, 4.69) is 62.5 Å². The van der Waals surface area contributed by atoms with Gasteiger partial charge in [-0.25, -0.2) is 0 Å². The van der Waals surface area contributed by atoms with E-state index in [1.54, 1.807) is 6.08 Å². The zero-order valence-electron chi connectivity index (χ0n) is 45.8. The Bertz CT molecular complexity index is 1440. The Morgan fingerprint density at radius 1 is 0.569 bits per heavy atom. The summed E-state index contributed by atoms with van der Waals surface area (Å²) in [5.74, 6) is -1.22. The molecule has 0 radical (unpaired) electrons. The van der Waals surface area contributed by atoms with Gasteiger partial charge in [0.1, 0.15) is 24.4 Å². The molecule has 1 amide bonds. The molecule has 0 saturated carbocycles. The van der Waals surface area contributed by atoms with Crippen molar-refractivity contribution in [2.24, 2.45) is 0 Å². The summed E-state index contributed by atoms with van der Waals surface area (Å²) in [4.78, 5) is 26.4. The number of allylic oxidation sites excluding steroid dienone is 11. The highest BCUT2D eigenvalue weighted by Crippen LogP contribution is 2.26. The number of aliphatic hydroxyl groups is 5. The molecular formula is C61H107NO10. The van der Waals surface area contributed by atoms with Crippen LogP contribution in [0.5, 0.6) is 0 Å². The van der Waals surface area contributed by atoms with E-state index in [0.717, 1.165) is 89.9 Å². The van der Waals surface area contributed by atoms with Gasteiger partial charge < -0.3 is 45.1 Å². The summed E-state index contributed by atoms with van der Waals surface area (Å²) in [5.41, 5.74) is 0. The van der Waals surface area contributed by atoms with E-state index in [0.29, 0.717) is 12.8 Å². The molecule has 72 heavy (non-hydrogen) atoms. The molecule has 11 heteroatoms. The van der Waals surface area contributed by atoms with E-state index < -0.39 is 67.4 Å². The first-order valence-electron chi connectivity index (χ1n) is 29.2. The van der Waals surface area contributed by atoms with Gasteiger partial charge in [-0.1, -0.05) is 229 Å². The standard InChI is InChI=1S/C61H107NO10/c1-4-7-10-13-16-19-22-25-26-27-28-29-30-31-34-37-40-43-46-49-56(66)72-59-58(68)57(67)55(50-63)71-61(59)70-51-52(53(64)47-44-41-38-35-32-23-20-17-14-11-8-5-2)62-60(69)54(65)48-45-42-39-36-33-24-21-18-15-12-9-6-3/h9,12,15-16,18-19,21,24-26,44,47,52-55,57-59,61,63-65,67-68H,4-8,10-11,13-14,17,20,22-23,27-43,45-46,48-51H2,1-3H3,(H,62,69)/b12-9+,18-15+,19-16-,24-21-,26-25-,47-44+. The number of nitrogens with one attached hydrogen (secondary N) is 1. The highest BCUT2D eigenvalue weighted by molar-refractivity contribution is 5.80. The minimum absolute atomic E-state index is 0.114. The lowest BCUT2D eigenvalue weighted by atomic mass is 9.99. The minimum Gasteiger partial charge on any atom is -0.454 e. The van der Waals surface area contributed by atoms with Gasteiger partial charge in [0, 0.05) is 6.42 Å². The molecule has 1 rings (SSSR count). The lowest BCUT2D eigenvalue weighted by Crippen LogP contribution is -2.61. The summed E-state index contributed by atoms with van der Waals surface area (Å²) in [6.45, 7) is 5.60. The van der Waals surface area contributed by atoms with Crippen molar-refractivity contribution < 1.29 is 49.3 Å². The number of rotatable bonds is 48. The second-order valence-corrected chi connectivity index (χ2v) is 20.1. The zero-order valence-corrected chi connectivity index (χ0v) is 45.8. The molecule has 0 aromatic rings. The Kier molecular flexibility index (Phi) is 45.7. The molecular weight excluding hydrogens is 907 g/mol. The van der Waals surface area contributed by atoms with Gasteiger partial charge in [0.15, 0.2) is 12.4 Å². The van der Waals surface area contributed by atoms with Crippen LogP contribution in [0.1, 0.15) is 239 Å². The molecule has 0 aliphatic carbocycles. The topological polar surface area (TPSA) is 175 Å². The van der Waals surface area contributed by atoms with Crippen LogP contribution in [0, 0.1) is 0 Å². The van der Waals surface area contributed by atoms with E-state index in [9.17, 15) is 35.1 Å². The first kappa shape index (κ1) is 67.1. The van der Waals surface area contributed by atoms with Crippen LogP contribution in [-0.2, 0) is 23.8 Å². The van der Waals surface area contributed by atoms with Crippen LogP contribution in [0.15, 0.2) is 72.9 Å². The summed E-state index contributed by atoms with van der Waals surface area (Å²) in [5, 5.41) is 56.8. The molecule has 1 fully saturated rings. The maximum Gasteiger partial charge on any atom is 0.306 e. The van der Waals surface area contributed by atoms with Crippen LogP contribution in [0.25, 0.3) is 0 Å². The van der Waals surface area contributed by atoms with Gasteiger partial charge in [0.05, 0.1) is 25.4 Å². The van der Waals surface area contributed by atoms with Crippen molar-refractivity contribution in [3.63, 3.8) is 0 Å². The number of esters is 1. The molecule has 0 aromatic carbocycles. The van der Waals surface area contributed by atoms with E-state index in [1.165, 1.54) is 103 Å². The van der Waals surface area contributed by atoms with Crippen LogP contribution in [0.2, 0.25) is 0 Å². The fourth-order valence-corrected chi connectivity index (χ4v) is 8.74. The van der Waals surface area contributed by atoms with Gasteiger partial charge in [0.2, 0.25) is 5.91 Å². The number of aliphatic hydroxyl groups excluding tert-OH is 5. The van der Waals surface area contributed by atoms with Crippen molar-refractivity contribution in [1.82, 2.24) is 5.32 Å². The fraction of sp³-hybridized carbons (Fsp3) is 0.770. The van der Waals surface area contributed by atoms with Crippen LogP contribution in [-0.4, -0.2) is 99.6 Å². The summed E-state index contributed by atoms with van der Waals surface area (Å²) in [6, 6.07) is -1.04. The van der Waals surface area contributed by atoms with E-state index >= 15 is 0 Å². The smallest absolute Gasteiger partial charge is 0.306 e. The molecule has 0 spiro atoms. The second kappa shape index (κ2) is 49.0. The number of ether oxygens (including phenoxy) is 3. The highest BCUT2D eigenvalue weighted by Gasteiger charge is 2.47. The van der Waals surface area contributed by atoms with E-state index in [4.69, 9.17) is 14.2 Å². The lowest BCUT2D eigenvalue weighted by molar-refractivity contribution is -0.305. The predicted molar refractivity (Wildman–Crippen MR) is 296 cm³/mol. The monoisotopic (exact) mass is 1010 g/mol. The predicted octanol–water partition coefficient (Wildman–Crippen LogP) is 13.2. The van der Waals surface area contributed by atoms with Crippen LogP contribution >= 0.6 is 0 Å². The Morgan fingerprint density at radius 2 is 1.06 bits per heavy atom.